The van der Waals surface area contributed by atoms with E-state index in [0.29, 0.717) is 19.7 Å². The van der Waals surface area contributed by atoms with Gasteiger partial charge >= 0.3 is 0 Å². The number of carbonyl (C=O) groups excluding carboxylic acids is 1. The Morgan fingerprint density at radius 2 is 2.33 bits per heavy atom. The van der Waals surface area contributed by atoms with E-state index in [2.05, 4.69) is 5.32 Å². The zero-order chi connectivity index (χ0) is 13.4. The first-order valence-electron chi connectivity index (χ1n) is 5.80. The van der Waals surface area contributed by atoms with Gasteiger partial charge in [0.05, 0.1) is 10.9 Å². The van der Waals surface area contributed by atoms with Crippen LogP contribution in [0.15, 0.2) is 12.1 Å². The fourth-order valence-corrected chi connectivity index (χ4v) is 2.67. The van der Waals surface area contributed by atoms with E-state index in [1.54, 1.807) is 18.4 Å². The first kappa shape index (κ1) is 15.4. The number of carbonyl (C=O) groups is 1. The highest BCUT2D eigenvalue weighted by atomic mass is 35.5. The molecule has 0 aliphatic heterocycles. The highest BCUT2D eigenvalue weighted by Gasteiger charge is 2.07. The van der Waals surface area contributed by atoms with Gasteiger partial charge in [0.2, 0.25) is 5.91 Å². The van der Waals surface area contributed by atoms with Crippen LogP contribution in [0.4, 0.5) is 0 Å². The summed E-state index contributed by atoms with van der Waals surface area (Å²) in [6.45, 7) is 2.46. The highest BCUT2D eigenvalue weighted by Crippen LogP contribution is 2.22. The van der Waals surface area contributed by atoms with Gasteiger partial charge in [-0.15, -0.1) is 11.3 Å². The molecular weight excluding hydrogens is 272 g/mol. The number of thiophene rings is 1. The van der Waals surface area contributed by atoms with E-state index in [1.165, 1.54) is 0 Å². The number of nitrogens with zero attached hydrogens (tertiary/aromatic N) is 1. The van der Waals surface area contributed by atoms with Crippen molar-refractivity contribution in [1.82, 2.24) is 10.2 Å². The van der Waals surface area contributed by atoms with E-state index in [-0.39, 0.29) is 5.91 Å². The molecule has 4 nitrogen and oxygen atoms in total. The molecule has 0 fully saturated rings. The SMILES string of the molecule is COCCCNC(=O)CN(C)Cc1ccc(Cl)s1. The van der Waals surface area contributed by atoms with E-state index in [9.17, 15) is 4.79 Å². The topological polar surface area (TPSA) is 41.6 Å². The molecule has 0 saturated heterocycles. The number of methoxy groups -OCH3 is 1. The van der Waals surface area contributed by atoms with Crippen molar-refractivity contribution in [2.24, 2.45) is 0 Å². The minimum Gasteiger partial charge on any atom is -0.385 e. The summed E-state index contributed by atoms with van der Waals surface area (Å²) in [5.74, 6) is 0.0382. The summed E-state index contributed by atoms with van der Waals surface area (Å²) >= 11 is 7.40. The van der Waals surface area contributed by atoms with Crippen LogP contribution in [0.5, 0.6) is 0 Å². The van der Waals surface area contributed by atoms with Crippen molar-refractivity contribution < 1.29 is 9.53 Å². The number of hydrogen-bond acceptors (Lipinski definition) is 4. The smallest absolute Gasteiger partial charge is 0.234 e. The molecule has 0 radical (unpaired) electrons. The Balaban J connectivity index is 2.19. The molecule has 1 rings (SSSR count). The lowest BCUT2D eigenvalue weighted by molar-refractivity contribution is -0.122. The second-order valence-electron chi connectivity index (χ2n) is 4.07. The molecule has 1 N–H and O–H groups in total. The maximum atomic E-state index is 11.6. The fourth-order valence-electron chi connectivity index (χ4n) is 1.50. The molecule has 1 amide bonds. The Labute approximate surface area is 117 Å². The summed E-state index contributed by atoms with van der Waals surface area (Å²) in [4.78, 5) is 14.7. The number of nitrogens with one attached hydrogen (secondary N) is 1. The van der Waals surface area contributed by atoms with Gasteiger partial charge in [-0.25, -0.2) is 0 Å². The monoisotopic (exact) mass is 290 g/mol. The van der Waals surface area contributed by atoms with Gasteiger partial charge in [-0.3, -0.25) is 9.69 Å². The molecule has 102 valence electrons. The van der Waals surface area contributed by atoms with Gasteiger partial charge in [0.1, 0.15) is 0 Å². The quantitative estimate of drug-likeness (QED) is 0.745. The Kier molecular flexibility index (Phi) is 7.27. The van der Waals surface area contributed by atoms with Crippen molar-refractivity contribution in [2.45, 2.75) is 13.0 Å². The van der Waals surface area contributed by atoms with Crippen molar-refractivity contribution in [3.05, 3.63) is 21.3 Å². The van der Waals surface area contributed by atoms with Crippen LogP contribution in [0.25, 0.3) is 0 Å². The zero-order valence-corrected chi connectivity index (χ0v) is 12.3. The van der Waals surface area contributed by atoms with Gasteiger partial charge in [-0.05, 0) is 25.6 Å². The van der Waals surface area contributed by atoms with Crippen LogP contribution in [-0.4, -0.2) is 44.7 Å². The molecule has 6 heteroatoms. The first-order valence-corrected chi connectivity index (χ1v) is 6.99. The van der Waals surface area contributed by atoms with Crippen LogP contribution >= 0.6 is 22.9 Å². The van der Waals surface area contributed by atoms with Gasteiger partial charge in [-0.1, -0.05) is 11.6 Å². The second kappa shape index (κ2) is 8.48. The van der Waals surface area contributed by atoms with Crippen LogP contribution < -0.4 is 5.32 Å². The van der Waals surface area contributed by atoms with Crippen molar-refractivity contribution in [3.63, 3.8) is 0 Å². The predicted molar refractivity (Wildman–Crippen MR) is 75.2 cm³/mol. The summed E-state index contributed by atoms with van der Waals surface area (Å²) in [7, 11) is 3.57. The van der Waals surface area contributed by atoms with Crippen molar-refractivity contribution in [3.8, 4) is 0 Å². The number of halogens is 1. The molecule has 0 unspecified atom stereocenters. The normalized spacial score (nSPS) is 10.9. The van der Waals surface area contributed by atoms with E-state index in [0.717, 1.165) is 22.2 Å². The highest BCUT2D eigenvalue weighted by molar-refractivity contribution is 7.16. The lowest BCUT2D eigenvalue weighted by atomic mass is 10.4. The van der Waals surface area contributed by atoms with Crippen molar-refractivity contribution in [1.29, 1.82) is 0 Å². The van der Waals surface area contributed by atoms with Crippen molar-refractivity contribution in [2.75, 3.05) is 33.9 Å². The van der Waals surface area contributed by atoms with Crippen molar-refractivity contribution >= 4 is 28.8 Å². The van der Waals surface area contributed by atoms with Crippen LogP contribution in [0, 0.1) is 0 Å². The summed E-state index contributed by atoms with van der Waals surface area (Å²) in [5.41, 5.74) is 0. The average molecular weight is 291 g/mol. The van der Waals surface area contributed by atoms with Crippen LogP contribution in [0.3, 0.4) is 0 Å². The minimum absolute atomic E-state index is 0.0382. The maximum Gasteiger partial charge on any atom is 0.234 e. The predicted octanol–water partition coefficient (Wildman–Crippen LogP) is 1.99. The van der Waals surface area contributed by atoms with Gasteiger partial charge in [0, 0.05) is 31.7 Å². The maximum absolute atomic E-state index is 11.6. The molecule has 1 aromatic rings. The number of rotatable bonds is 8. The van der Waals surface area contributed by atoms with Gasteiger partial charge in [0.25, 0.3) is 0 Å². The summed E-state index contributed by atoms with van der Waals surface area (Å²) in [5, 5.41) is 2.86. The second-order valence-corrected chi connectivity index (χ2v) is 5.87. The first-order chi connectivity index (χ1) is 8.61. The molecule has 0 bridgehead atoms. The fraction of sp³-hybridized carbons (Fsp3) is 0.583. The standard InChI is InChI=1S/C12H19ClN2O2S/c1-15(8-10-4-5-11(13)18-10)9-12(16)14-6-3-7-17-2/h4-5H,3,6-9H2,1-2H3,(H,14,16). The summed E-state index contributed by atoms with van der Waals surface area (Å²) in [6, 6.07) is 3.86. The van der Waals surface area contributed by atoms with Gasteiger partial charge in [0.15, 0.2) is 0 Å². The summed E-state index contributed by atoms with van der Waals surface area (Å²) < 4.78 is 5.69. The van der Waals surface area contributed by atoms with E-state index in [4.69, 9.17) is 16.3 Å². The molecule has 1 heterocycles. The third-order valence-corrected chi connectivity index (χ3v) is 3.53. The Morgan fingerprint density at radius 1 is 1.56 bits per heavy atom. The largest absolute Gasteiger partial charge is 0.385 e. The number of likely N-dealkylation sites (N-methyl/N-ethyl adjacent to an activating group) is 1. The molecule has 0 saturated carbocycles. The van der Waals surface area contributed by atoms with E-state index >= 15 is 0 Å². The van der Waals surface area contributed by atoms with Crippen LogP contribution in [-0.2, 0) is 16.1 Å². The molecular formula is C12H19ClN2O2S. The van der Waals surface area contributed by atoms with Crippen LogP contribution in [0.1, 0.15) is 11.3 Å². The van der Waals surface area contributed by atoms with E-state index < -0.39 is 0 Å². The minimum atomic E-state index is 0.0382. The Morgan fingerprint density at radius 3 is 2.94 bits per heavy atom. The average Bonchev–Trinajstić information content (AvgIpc) is 2.70. The number of ether oxygens (including phenoxy) is 1. The summed E-state index contributed by atoms with van der Waals surface area (Å²) in [6.07, 6.45) is 0.840. The molecule has 0 aliphatic rings. The molecule has 1 aromatic heterocycles. The molecule has 18 heavy (non-hydrogen) atoms. The lowest BCUT2D eigenvalue weighted by Crippen LogP contribution is -2.35. The molecule has 0 spiro atoms. The van der Waals surface area contributed by atoms with Crippen LogP contribution in [0.2, 0.25) is 4.34 Å². The zero-order valence-electron chi connectivity index (χ0n) is 10.7. The molecule has 0 aromatic carbocycles. The van der Waals surface area contributed by atoms with E-state index in [1.807, 2.05) is 24.1 Å². The third kappa shape index (κ3) is 6.35. The molecule has 0 atom stereocenters. The number of hydrogen-bond donors (Lipinski definition) is 1. The number of amides is 1. The lowest BCUT2D eigenvalue weighted by Gasteiger charge is -2.15. The third-order valence-electron chi connectivity index (χ3n) is 2.32. The Hall–Kier alpha value is -0.620. The van der Waals surface area contributed by atoms with Gasteiger partial charge in [-0.2, -0.15) is 0 Å². The molecule has 0 aliphatic carbocycles. The Bertz CT molecular complexity index is 371. The van der Waals surface area contributed by atoms with Gasteiger partial charge < -0.3 is 10.1 Å².